The van der Waals surface area contributed by atoms with Crippen molar-refractivity contribution >= 4 is 0 Å². The zero-order valence-corrected chi connectivity index (χ0v) is 13.9. The SMILES string of the molecule is C=C1[C@H]2CC3C4N5C[C@]6(C)CCC[C@]47[C@H]([C@H]2O)[C@]3(C[C@@H]5[C@H]67)[C@@H]1O. The molecule has 0 aromatic rings. The van der Waals surface area contributed by atoms with E-state index in [1.807, 2.05) is 0 Å². The summed E-state index contributed by atoms with van der Waals surface area (Å²) in [4.78, 5) is 2.88. The quantitative estimate of drug-likeness (QED) is 0.670. The molecule has 3 nitrogen and oxygen atoms in total. The van der Waals surface area contributed by atoms with Crippen LogP contribution in [0.4, 0.5) is 0 Å². The Morgan fingerprint density at radius 2 is 2.00 bits per heavy atom. The highest BCUT2D eigenvalue weighted by Crippen LogP contribution is 2.86. The third-order valence-electron chi connectivity index (χ3n) is 10.3. The fourth-order valence-electron chi connectivity index (χ4n) is 10.5. The molecule has 0 radical (unpaired) electrons. The summed E-state index contributed by atoms with van der Waals surface area (Å²) in [6.45, 7) is 8.04. The van der Waals surface area contributed by atoms with E-state index in [0.717, 1.165) is 24.3 Å². The molecular weight excluding hydrogens is 286 g/mol. The van der Waals surface area contributed by atoms with E-state index in [4.69, 9.17) is 0 Å². The molecule has 6 saturated carbocycles. The second-order valence-electron chi connectivity index (χ2n) is 10.5. The van der Waals surface area contributed by atoms with E-state index >= 15 is 0 Å². The van der Waals surface area contributed by atoms with Crippen molar-refractivity contribution in [3.05, 3.63) is 12.2 Å². The molecule has 23 heavy (non-hydrogen) atoms. The minimum absolute atomic E-state index is 0.0316. The van der Waals surface area contributed by atoms with Gasteiger partial charge in [0.05, 0.1) is 12.2 Å². The first-order valence-corrected chi connectivity index (χ1v) is 9.77. The van der Waals surface area contributed by atoms with Crippen molar-refractivity contribution in [3.63, 3.8) is 0 Å². The molecule has 12 atom stereocenters. The summed E-state index contributed by atoms with van der Waals surface area (Å²) in [5, 5.41) is 22.6. The van der Waals surface area contributed by atoms with Gasteiger partial charge >= 0.3 is 0 Å². The van der Waals surface area contributed by atoms with Gasteiger partial charge in [-0.05, 0) is 53.9 Å². The predicted molar refractivity (Wildman–Crippen MR) is 85.5 cm³/mol. The van der Waals surface area contributed by atoms with Gasteiger partial charge in [-0.1, -0.05) is 19.9 Å². The van der Waals surface area contributed by atoms with E-state index in [9.17, 15) is 10.2 Å². The highest BCUT2D eigenvalue weighted by atomic mass is 16.3. The lowest BCUT2D eigenvalue weighted by Crippen LogP contribution is -2.68. The van der Waals surface area contributed by atoms with Crippen LogP contribution in [-0.2, 0) is 0 Å². The number of nitrogens with zero attached hydrogens (tertiary/aromatic N) is 1. The molecule has 9 bridgehead atoms. The molecule has 6 aliphatic carbocycles. The molecule has 9 rings (SSSR count). The molecule has 2 N–H and O–H groups in total. The Kier molecular flexibility index (Phi) is 1.79. The maximum atomic E-state index is 11.3. The summed E-state index contributed by atoms with van der Waals surface area (Å²) >= 11 is 0. The van der Waals surface area contributed by atoms with Crippen LogP contribution in [0.3, 0.4) is 0 Å². The summed E-state index contributed by atoms with van der Waals surface area (Å²) in [7, 11) is 0. The predicted octanol–water partition coefficient (Wildman–Crippen LogP) is 1.79. The van der Waals surface area contributed by atoms with Crippen molar-refractivity contribution in [1.29, 1.82) is 0 Å². The number of hydrogen-bond donors (Lipinski definition) is 2. The third-order valence-corrected chi connectivity index (χ3v) is 10.3. The van der Waals surface area contributed by atoms with Crippen LogP contribution in [0.5, 0.6) is 0 Å². The van der Waals surface area contributed by atoms with Crippen LogP contribution in [-0.4, -0.2) is 45.9 Å². The molecule has 124 valence electrons. The van der Waals surface area contributed by atoms with E-state index in [1.54, 1.807) is 0 Å². The summed E-state index contributed by atoms with van der Waals surface area (Å²) in [6.07, 6.45) is 5.64. The van der Waals surface area contributed by atoms with Gasteiger partial charge in [0.1, 0.15) is 0 Å². The van der Waals surface area contributed by atoms with Crippen molar-refractivity contribution in [2.75, 3.05) is 6.54 Å². The van der Waals surface area contributed by atoms with Crippen LogP contribution < -0.4 is 0 Å². The minimum atomic E-state index is -0.349. The van der Waals surface area contributed by atoms with Gasteiger partial charge in [0.15, 0.2) is 0 Å². The van der Waals surface area contributed by atoms with Gasteiger partial charge in [0, 0.05) is 35.9 Å². The lowest BCUT2D eigenvalue weighted by Gasteiger charge is -2.66. The Morgan fingerprint density at radius 1 is 1.17 bits per heavy atom. The molecule has 0 amide bonds. The molecule has 3 aliphatic heterocycles. The standard InChI is InChI=1S/C20H27NO2/c1-9-10-6-11-16-19-5-3-4-18(2)8-21(16)12(14(18)19)7-20(11,17(9)23)15(19)13(10)22/h10-17,22-23H,1,3-8H2,2H3/t10-,11?,12-,13+,14-,15+,16?,17-,18+,19+,20-/m1/s1. The summed E-state index contributed by atoms with van der Waals surface area (Å²) in [6, 6.07) is 1.34. The maximum absolute atomic E-state index is 11.3. The molecule has 3 heteroatoms. The smallest absolute Gasteiger partial charge is 0.0815 e. The molecule has 2 spiro atoms. The third kappa shape index (κ3) is 0.910. The second kappa shape index (κ2) is 3.20. The van der Waals surface area contributed by atoms with E-state index in [1.165, 1.54) is 25.8 Å². The van der Waals surface area contributed by atoms with Crippen molar-refractivity contribution in [1.82, 2.24) is 4.90 Å². The normalized spacial score (nSPS) is 75.6. The molecule has 9 fully saturated rings. The van der Waals surface area contributed by atoms with Crippen LogP contribution >= 0.6 is 0 Å². The largest absolute Gasteiger partial charge is 0.392 e. The van der Waals surface area contributed by atoms with Gasteiger partial charge in [0.25, 0.3) is 0 Å². The van der Waals surface area contributed by atoms with Gasteiger partial charge in [0.2, 0.25) is 0 Å². The van der Waals surface area contributed by atoms with Gasteiger partial charge in [-0.25, -0.2) is 0 Å². The highest BCUT2D eigenvalue weighted by molar-refractivity contribution is 5.43. The summed E-state index contributed by atoms with van der Waals surface area (Å²) in [5.74, 6) is 1.90. The maximum Gasteiger partial charge on any atom is 0.0815 e. The van der Waals surface area contributed by atoms with Crippen LogP contribution in [0.2, 0.25) is 0 Å². The Morgan fingerprint density at radius 3 is 2.83 bits per heavy atom. The Balaban J connectivity index is 1.55. The van der Waals surface area contributed by atoms with Crippen molar-refractivity contribution in [2.24, 2.45) is 39.9 Å². The zero-order chi connectivity index (χ0) is 15.5. The lowest BCUT2D eigenvalue weighted by molar-refractivity contribution is -0.213. The number of rotatable bonds is 0. The van der Waals surface area contributed by atoms with Crippen molar-refractivity contribution in [2.45, 2.75) is 63.3 Å². The summed E-state index contributed by atoms with van der Waals surface area (Å²) < 4.78 is 0. The second-order valence-corrected chi connectivity index (χ2v) is 10.5. The monoisotopic (exact) mass is 313 g/mol. The molecule has 0 aromatic carbocycles. The number of piperidine rings is 2. The number of hydrogen-bond acceptors (Lipinski definition) is 3. The minimum Gasteiger partial charge on any atom is -0.392 e. The average molecular weight is 313 g/mol. The Bertz CT molecular complexity index is 677. The van der Waals surface area contributed by atoms with E-state index < -0.39 is 0 Å². The molecular formula is C20H27NO2. The van der Waals surface area contributed by atoms with Gasteiger partial charge in [-0.15, -0.1) is 0 Å². The van der Waals surface area contributed by atoms with E-state index in [-0.39, 0.29) is 23.5 Å². The van der Waals surface area contributed by atoms with Crippen LogP contribution in [0.1, 0.15) is 39.0 Å². The molecule has 9 aliphatic rings. The fourth-order valence-corrected chi connectivity index (χ4v) is 10.5. The van der Waals surface area contributed by atoms with Gasteiger partial charge < -0.3 is 10.2 Å². The molecule has 3 heterocycles. The fraction of sp³-hybridized carbons (Fsp3) is 0.900. The van der Waals surface area contributed by atoms with E-state index in [2.05, 4.69) is 18.4 Å². The van der Waals surface area contributed by atoms with Crippen LogP contribution in [0.25, 0.3) is 0 Å². The first-order chi connectivity index (χ1) is 11.0. The van der Waals surface area contributed by atoms with Crippen LogP contribution in [0.15, 0.2) is 12.2 Å². The first-order valence-electron chi connectivity index (χ1n) is 9.77. The summed E-state index contributed by atoms with van der Waals surface area (Å²) in [5.41, 5.74) is 1.72. The Hall–Kier alpha value is -0.380. The molecule has 3 unspecified atom stereocenters. The van der Waals surface area contributed by atoms with Gasteiger partial charge in [-0.2, -0.15) is 0 Å². The number of aliphatic hydroxyl groups excluding tert-OH is 2. The number of aliphatic hydroxyl groups is 2. The van der Waals surface area contributed by atoms with Crippen LogP contribution in [0, 0.1) is 39.9 Å². The zero-order valence-electron chi connectivity index (χ0n) is 13.9. The molecule has 0 aromatic heterocycles. The van der Waals surface area contributed by atoms with Gasteiger partial charge in [-0.3, -0.25) is 4.90 Å². The topological polar surface area (TPSA) is 43.7 Å². The average Bonchev–Trinajstić information content (AvgIpc) is 2.93. The lowest BCUT2D eigenvalue weighted by atomic mass is 9.39. The highest BCUT2D eigenvalue weighted by Gasteiger charge is 2.89. The van der Waals surface area contributed by atoms with Crippen molar-refractivity contribution < 1.29 is 10.2 Å². The van der Waals surface area contributed by atoms with E-state index in [0.29, 0.717) is 34.7 Å². The van der Waals surface area contributed by atoms with Crippen molar-refractivity contribution in [3.8, 4) is 0 Å². The molecule has 3 saturated heterocycles. The Labute approximate surface area is 137 Å². The first kappa shape index (κ1) is 12.9. The number of fused-ring (bicyclic) bond motifs is 1.